The molecular formula is C19H34O3S. The highest BCUT2D eigenvalue weighted by Crippen LogP contribution is 2.64. The second kappa shape index (κ2) is 5.72. The van der Waals surface area contributed by atoms with Crippen LogP contribution in [-0.4, -0.2) is 19.3 Å². The van der Waals surface area contributed by atoms with Crippen LogP contribution in [0.5, 0.6) is 0 Å². The Balaban J connectivity index is 1.86. The van der Waals surface area contributed by atoms with Crippen LogP contribution in [0, 0.1) is 29.1 Å². The van der Waals surface area contributed by atoms with Crippen LogP contribution in [0.15, 0.2) is 0 Å². The van der Waals surface area contributed by atoms with E-state index in [2.05, 4.69) is 34.6 Å². The molecule has 4 heteroatoms. The molecule has 2 bridgehead atoms. The maximum Gasteiger partial charge on any atom is 0.273 e. The van der Waals surface area contributed by atoms with Gasteiger partial charge >= 0.3 is 0 Å². The summed E-state index contributed by atoms with van der Waals surface area (Å²) in [7, 11) is -3.53. The zero-order valence-corrected chi connectivity index (χ0v) is 16.3. The van der Waals surface area contributed by atoms with E-state index in [1.807, 2.05) is 0 Å². The third kappa shape index (κ3) is 2.59. The van der Waals surface area contributed by atoms with Crippen molar-refractivity contribution in [1.29, 1.82) is 0 Å². The molecule has 0 radical (unpaired) electrons. The fourth-order valence-electron chi connectivity index (χ4n) is 5.87. The number of fused-ring (bicyclic) bond motifs is 2. The Bertz CT molecular complexity index is 541. The van der Waals surface area contributed by atoms with Crippen molar-refractivity contribution in [2.24, 2.45) is 29.1 Å². The molecule has 0 amide bonds. The summed E-state index contributed by atoms with van der Waals surface area (Å²) in [6.45, 7) is 10.9. The van der Waals surface area contributed by atoms with E-state index in [4.69, 9.17) is 4.18 Å². The standard InChI is InChI=1S/C19H34O3S/c1-13(2)16-7-6-14(3)12-17(16)22-23(20,21)19-10-8-15(9-11-19)18(19,4)5/h13-17H,6-12H2,1-5H3/t14-,15?,16+,17-,19?/m1/s1. The molecule has 23 heavy (non-hydrogen) atoms. The minimum atomic E-state index is -3.53. The van der Waals surface area contributed by atoms with Crippen molar-refractivity contribution in [1.82, 2.24) is 0 Å². The molecule has 0 aromatic rings. The van der Waals surface area contributed by atoms with Crippen molar-refractivity contribution in [3.63, 3.8) is 0 Å². The van der Waals surface area contributed by atoms with Gasteiger partial charge in [0, 0.05) is 0 Å². The SMILES string of the molecule is CC(C)[C@@H]1CC[C@@H](C)C[C@H]1OS(=O)(=O)C12CCC(CC1)C2(C)C. The third-order valence-corrected chi connectivity index (χ3v) is 10.1. The molecule has 3 rings (SSSR count). The van der Waals surface area contributed by atoms with Gasteiger partial charge in [-0.2, -0.15) is 8.42 Å². The van der Waals surface area contributed by atoms with E-state index >= 15 is 0 Å². The first-order valence-electron chi connectivity index (χ1n) is 9.53. The predicted molar refractivity (Wildman–Crippen MR) is 93.6 cm³/mol. The lowest BCUT2D eigenvalue weighted by Crippen LogP contribution is -2.48. The summed E-state index contributed by atoms with van der Waals surface area (Å²) in [6.07, 6.45) is 6.74. The Hall–Kier alpha value is -0.0900. The van der Waals surface area contributed by atoms with Gasteiger partial charge in [-0.3, -0.25) is 4.18 Å². The molecule has 0 aliphatic heterocycles. The average molecular weight is 343 g/mol. The fourth-order valence-corrected chi connectivity index (χ4v) is 8.15. The second-order valence-corrected chi connectivity index (χ2v) is 11.3. The Morgan fingerprint density at radius 2 is 1.65 bits per heavy atom. The van der Waals surface area contributed by atoms with Gasteiger partial charge in [0.05, 0.1) is 6.10 Å². The van der Waals surface area contributed by atoms with Crippen LogP contribution in [0.3, 0.4) is 0 Å². The summed E-state index contributed by atoms with van der Waals surface area (Å²) in [4.78, 5) is 0. The molecule has 0 heterocycles. The highest BCUT2D eigenvalue weighted by Gasteiger charge is 2.66. The van der Waals surface area contributed by atoms with Crippen molar-refractivity contribution in [2.75, 3.05) is 0 Å². The smallest absolute Gasteiger partial charge is 0.266 e. The normalized spacial score (nSPS) is 43.2. The monoisotopic (exact) mass is 342 g/mol. The van der Waals surface area contributed by atoms with E-state index in [1.165, 1.54) is 6.42 Å². The van der Waals surface area contributed by atoms with Crippen molar-refractivity contribution in [2.45, 2.75) is 90.4 Å². The van der Waals surface area contributed by atoms with E-state index in [0.717, 1.165) is 38.5 Å². The summed E-state index contributed by atoms with van der Waals surface area (Å²) in [5.74, 6) is 1.97. The van der Waals surface area contributed by atoms with Crippen LogP contribution in [0.1, 0.15) is 79.6 Å². The Kier molecular flexibility index (Phi) is 4.41. The highest BCUT2D eigenvalue weighted by atomic mass is 32.2. The van der Waals surface area contributed by atoms with Gasteiger partial charge in [0.15, 0.2) is 0 Å². The van der Waals surface area contributed by atoms with Gasteiger partial charge in [0.2, 0.25) is 0 Å². The first-order valence-corrected chi connectivity index (χ1v) is 10.9. The lowest BCUT2D eigenvalue weighted by Gasteiger charge is -2.41. The van der Waals surface area contributed by atoms with Crippen LogP contribution < -0.4 is 0 Å². The molecule has 3 fully saturated rings. The quantitative estimate of drug-likeness (QED) is 0.692. The van der Waals surface area contributed by atoms with E-state index in [1.54, 1.807) is 0 Å². The summed E-state index contributed by atoms with van der Waals surface area (Å²) in [5, 5.41) is 0. The summed E-state index contributed by atoms with van der Waals surface area (Å²) < 4.78 is 32.1. The first-order chi connectivity index (χ1) is 10.6. The van der Waals surface area contributed by atoms with E-state index in [0.29, 0.717) is 23.7 Å². The van der Waals surface area contributed by atoms with Crippen LogP contribution in [-0.2, 0) is 14.3 Å². The molecule has 0 aromatic heterocycles. The molecule has 0 saturated heterocycles. The zero-order valence-electron chi connectivity index (χ0n) is 15.5. The molecule has 3 saturated carbocycles. The number of hydrogen-bond acceptors (Lipinski definition) is 3. The van der Waals surface area contributed by atoms with Crippen molar-refractivity contribution < 1.29 is 12.6 Å². The van der Waals surface area contributed by atoms with E-state index in [-0.39, 0.29) is 11.5 Å². The summed E-state index contributed by atoms with van der Waals surface area (Å²) in [6, 6.07) is 0. The molecular weight excluding hydrogens is 308 g/mol. The lowest BCUT2D eigenvalue weighted by atomic mass is 9.75. The molecule has 3 aliphatic rings. The molecule has 3 atom stereocenters. The number of hydrogen-bond donors (Lipinski definition) is 0. The lowest BCUT2D eigenvalue weighted by molar-refractivity contribution is 0.0456. The minimum absolute atomic E-state index is 0.117. The van der Waals surface area contributed by atoms with Gasteiger partial charge in [0.1, 0.15) is 4.75 Å². The fraction of sp³-hybridized carbons (Fsp3) is 1.00. The summed E-state index contributed by atoms with van der Waals surface area (Å²) in [5.41, 5.74) is -0.139. The summed E-state index contributed by atoms with van der Waals surface area (Å²) >= 11 is 0. The van der Waals surface area contributed by atoms with Crippen LogP contribution in [0.25, 0.3) is 0 Å². The maximum atomic E-state index is 13.3. The molecule has 0 unspecified atom stereocenters. The molecule has 0 N–H and O–H groups in total. The predicted octanol–water partition coefficient (Wildman–Crippen LogP) is 4.76. The second-order valence-electron chi connectivity index (χ2n) is 9.41. The van der Waals surface area contributed by atoms with Crippen molar-refractivity contribution in [3.8, 4) is 0 Å². The van der Waals surface area contributed by atoms with E-state index < -0.39 is 14.9 Å². The third-order valence-electron chi connectivity index (χ3n) is 7.68. The van der Waals surface area contributed by atoms with Crippen LogP contribution in [0.2, 0.25) is 0 Å². The minimum Gasteiger partial charge on any atom is -0.266 e. The molecule has 0 aromatic carbocycles. The van der Waals surface area contributed by atoms with Crippen LogP contribution >= 0.6 is 0 Å². The highest BCUT2D eigenvalue weighted by molar-refractivity contribution is 7.88. The van der Waals surface area contributed by atoms with Gasteiger partial charge < -0.3 is 0 Å². The zero-order chi connectivity index (χ0) is 17.0. The Morgan fingerprint density at radius 3 is 2.13 bits per heavy atom. The van der Waals surface area contributed by atoms with Crippen molar-refractivity contribution >= 4 is 10.1 Å². The topological polar surface area (TPSA) is 43.4 Å². The molecule has 3 nitrogen and oxygen atoms in total. The Labute approximate surface area is 142 Å². The maximum absolute atomic E-state index is 13.3. The first kappa shape index (κ1) is 17.7. The van der Waals surface area contributed by atoms with Gasteiger partial charge in [-0.1, -0.05) is 41.0 Å². The molecule has 0 spiro atoms. The average Bonchev–Trinajstić information content (AvgIpc) is 2.85. The van der Waals surface area contributed by atoms with Gasteiger partial charge in [-0.15, -0.1) is 0 Å². The van der Waals surface area contributed by atoms with Crippen LogP contribution in [0.4, 0.5) is 0 Å². The van der Waals surface area contributed by atoms with Gasteiger partial charge in [0.25, 0.3) is 10.1 Å². The van der Waals surface area contributed by atoms with Crippen molar-refractivity contribution in [3.05, 3.63) is 0 Å². The van der Waals surface area contributed by atoms with E-state index in [9.17, 15) is 8.42 Å². The number of rotatable bonds is 4. The molecule has 134 valence electrons. The van der Waals surface area contributed by atoms with Gasteiger partial charge in [-0.25, -0.2) is 0 Å². The van der Waals surface area contributed by atoms with Gasteiger partial charge in [-0.05, 0) is 67.6 Å². The molecule has 3 aliphatic carbocycles. The largest absolute Gasteiger partial charge is 0.273 e. The Morgan fingerprint density at radius 1 is 1.04 bits per heavy atom.